The van der Waals surface area contributed by atoms with Crippen LogP contribution in [0.25, 0.3) is 0 Å². The molecule has 2 aromatic rings. The molecule has 2 aliphatic heterocycles. The van der Waals surface area contributed by atoms with Crippen LogP contribution in [0.4, 0.5) is 4.79 Å². The number of hydrogen-bond acceptors (Lipinski definition) is 6. The third-order valence-electron chi connectivity index (χ3n) is 5.71. The number of nitrogens with one attached hydrogen (secondary N) is 1. The van der Waals surface area contributed by atoms with Crippen LogP contribution >= 0.6 is 0 Å². The van der Waals surface area contributed by atoms with Gasteiger partial charge in [0, 0.05) is 18.4 Å². The predicted molar refractivity (Wildman–Crippen MR) is 120 cm³/mol. The molecule has 2 heterocycles. The Morgan fingerprint density at radius 3 is 2.56 bits per heavy atom. The maximum Gasteiger partial charge on any atom is 0.411 e. The zero-order chi connectivity index (χ0) is 24.5. The summed E-state index contributed by atoms with van der Waals surface area (Å²) in [4.78, 5) is 36.9. The fourth-order valence-corrected chi connectivity index (χ4v) is 4.71. The predicted octanol–water partition coefficient (Wildman–Crippen LogP) is 2.13. The van der Waals surface area contributed by atoms with Gasteiger partial charge >= 0.3 is 6.09 Å². The van der Waals surface area contributed by atoms with Crippen LogP contribution in [0.3, 0.4) is 0 Å². The highest BCUT2D eigenvalue weighted by Crippen LogP contribution is 2.29. The molecule has 10 heteroatoms. The lowest BCUT2D eigenvalue weighted by molar-refractivity contribution is -0.136. The number of amides is 3. The van der Waals surface area contributed by atoms with Gasteiger partial charge in [-0.3, -0.25) is 24.4 Å². The van der Waals surface area contributed by atoms with Crippen molar-refractivity contribution < 1.29 is 32.1 Å². The molecule has 9 nitrogen and oxygen atoms in total. The Bertz CT molecular complexity index is 1320. The summed E-state index contributed by atoms with van der Waals surface area (Å²) in [5.74, 6) is 5.04. The number of aryl methyl sites for hydroxylation is 1. The van der Waals surface area contributed by atoms with Gasteiger partial charge in [-0.25, -0.2) is 4.79 Å². The second kappa shape index (κ2) is 9.29. The third kappa shape index (κ3) is 5.11. The van der Waals surface area contributed by atoms with Crippen LogP contribution in [0, 0.1) is 18.8 Å². The van der Waals surface area contributed by atoms with Crippen molar-refractivity contribution in [2.75, 3.05) is 6.54 Å². The van der Waals surface area contributed by atoms with Crippen LogP contribution < -0.4 is 5.32 Å². The number of piperidine rings is 1. The van der Waals surface area contributed by atoms with Crippen molar-refractivity contribution in [1.82, 2.24) is 10.2 Å². The molecule has 2 atom stereocenters. The zero-order valence-electron chi connectivity index (χ0n) is 18.3. The lowest BCUT2D eigenvalue weighted by atomic mass is 10.0. The van der Waals surface area contributed by atoms with Gasteiger partial charge in [0.1, 0.15) is 12.1 Å². The molecule has 0 aromatic heterocycles. The van der Waals surface area contributed by atoms with Crippen molar-refractivity contribution in [1.29, 1.82) is 0 Å². The summed E-state index contributed by atoms with van der Waals surface area (Å²) < 4.78 is 38.0. The van der Waals surface area contributed by atoms with E-state index in [0.717, 1.165) is 11.1 Å². The number of cyclic esters (lactones) is 1. The van der Waals surface area contributed by atoms with E-state index in [9.17, 15) is 27.4 Å². The van der Waals surface area contributed by atoms with E-state index in [-0.39, 0.29) is 36.6 Å². The molecular weight excluding hydrogens is 460 g/mol. The fourth-order valence-electron chi connectivity index (χ4n) is 4.01. The molecule has 0 spiro atoms. The topological polar surface area (TPSA) is 130 Å². The molecule has 2 aliphatic rings. The van der Waals surface area contributed by atoms with Gasteiger partial charge in [0.15, 0.2) is 0 Å². The van der Waals surface area contributed by atoms with E-state index in [1.165, 1.54) is 11.0 Å². The van der Waals surface area contributed by atoms with Crippen molar-refractivity contribution in [3.63, 3.8) is 0 Å². The summed E-state index contributed by atoms with van der Waals surface area (Å²) in [6.45, 7) is 2.02. The minimum Gasteiger partial charge on any atom is -0.439 e. The van der Waals surface area contributed by atoms with E-state index < -0.39 is 34.3 Å². The number of benzene rings is 2. The number of carbonyl (C=O) groups is 3. The van der Waals surface area contributed by atoms with Crippen LogP contribution in [0.2, 0.25) is 0 Å². The molecule has 4 rings (SSSR count). The van der Waals surface area contributed by atoms with E-state index >= 15 is 0 Å². The summed E-state index contributed by atoms with van der Waals surface area (Å²) in [6, 6.07) is 11.0. The van der Waals surface area contributed by atoms with Gasteiger partial charge in [0.05, 0.1) is 11.4 Å². The second-order valence-corrected chi connectivity index (χ2v) is 9.57. The van der Waals surface area contributed by atoms with Gasteiger partial charge in [0.25, 0.3) is 10.1 Å². The maximum atomic E-state index is 12.3. The molecule has 2 saturated heterocycles. The number of ether oxygens (including phenoxy) is 1. The number of hydrogen-bond donors (Lipinski definition) is 2. The second-order valence-electron chi connectivity index (χ2n) is 8.18. The Kier molecular flexibility index (Phi) is 6.41. The molecule has 176 valence electrons. The zero-order valence-corrected chi connectivity index (χ0v) is 19.1. The first-order chi connectivity index (χ1) is 16.1. The Hall–Kier alpha value is -3.68. The van der Waals surface area contributed by atoms with Crippen LogP contribution in [0.5, 0.6) is 0 Å². The van der Waals surface area contributed by atoms with Crippen molar-refractivity contribution in [3.8, 4) is 11.8 Å². The largest absolute Gasteiger partial charge is 0.439 e. The molecule has 2 fully saturated rings. The van der Waals surface area contributed by atoms with Crippen molar-refractivity contribution >= 4 is 28.0 Å². The lowest BCUT2D eigenvalue weighted by Gasteiger charge is -2.27. The number of carbonyl (C=O) groups excluding carboxylic acids is 3. The smallest absolute Gasteiger partial charge is 0.411 e. The number of imide groups is 1. The summed E-state index contributed by atoms with van der Waals surface area (Å²) in [7, 11) is -4.34. The third-order valence-corrected chi connectivity index (χ3v) is 6.67. The van der Waals surface area contributed by atoms with Gasteiger partial charge in [-0.1, -0.05) is 41.7 Å². The average molecular weight is 483 g/mol. The van der Waals surface area contributed by atoms with Gasteiger partial charge in [-0.05, 0) is 42.7 Å². The first-order valence-electron chi connectivity index (χ1n) is 10.6. The Morgan fingerprint density at radius 1 is 1.15 bits per heavy atom. The van der Waals surface area contributed by atoms with E-state index in [4.69, 9.17) is 4.74 Å². The number of nitrogens with zero attached hydrogens (tertiary/aromatic N) is 1. The van der Waals surface area contributed by atoms with Crippen molar-refractivity contribution in [2.45, 2.75) is 43.2 Å². The highest BCUT2D eigenvalue weighted by molar-refractivity contribution is 7.85. The molecule has 0 bridgehead atoms. The van der Waals surface area contributed by atoms with E-state index in [1.807, 2.05) is 6.92 Å². The summed E-state index contributed by atoms with van der Waals surface area (Å²) in [5.41, 5.74) is 2.68. The normalized spacial score (nSPS) is 20.4. The first-order valence-corrected chi connectivity index (χ1v) is 12.0. The van der Waals surface area contributed by atoms with Gasteiger partial charge in [-0.15, -0.1) is 0 Å². The van der Waals surface area contributed by atoms with Crippen molar-refractivity contribution in [2.24, 2.45) is 0 Å². The van der Waals surface area contributed by atoms with Crippen LogP contribution in [0.15, 0.2) is 47.4 Å². The molecule has 0 aliphatic carbocycles. The standard InChI is InChI=1S/C24H22N2O7S/c1-15-5-11-21(34(30,31)32)18(13-15)4-2-3-16-6-8-17(9-7-16)20-14-26(24(29)33-20)19-10-12-22(27)25-23(19)28/h5-9,11,13,19-20H,4,10,12,14H2,1H3,(H,25,27,28)(H,30,31,32)/t19?,20-/m1/s1. The molecule has 0 radical (unpaired) electrons. The first kappa shape index (κ1) is 23.5. The fraction of sp³-hybridized carbons (Fsp3) is 0.292. The van der Waals surface area contributed by atoms with Crippen LogP contribution in [0.1, 0.15) is 41.2 Å². The monoisotopic (exact) mass is 482 g/mol. The lowest BCUT2D eigenvalue weighted by Crippen LogP contribution is -2.52. The minimum atomic E-state index is -4.34. The summed E-state index contributed by atoms with van der Waals surface area (Å²) >= 11 is 0. The highest BCUT2D eigenvalue weighted by atomic mass is 32.2. The maximum absolute atomic E-state index is 12.3. The van der Waals surface area contributed by atoms with Gasteiger partial charge < -0.3 is 4.74 Å². The Labute approximate surface area is 196 Å². The average Bonchev–Trinajstić information content (AvgIpc) is 3.15. The van der Waals surface area contributed by atoms with Crippen molar-refractivity contribution in [3.05, 3.63) is 64.7 Å². The highest BCUT2D eigenvalue weighted by Gasteiger charge is 2.41. The van der Waals surface area contributed by atoms with E-state index in [1.54, 1.807) is 36.4 Å². The molecular formula is C24H22N2O7S. The molecule has 2 aromatic carbocycles. The van der Waals surface area contributed by atoms with Crippen LogP contribution in [-0.4, -0.2) is 48.4 Å². The molecule has 3 amide bonds. The Morgan fingerprint density at radius 2 is 1.88 bits per heavy atom. The molecule has 0 saturated carbocycles. The molecule has 1 unspecified atom stereocenters. The minimum absolute atomic E-state index is 0.139. The van der Waals surface area contributed by atoms with E-state index in [2.05, 4.69) is 17.2 Å². The van der Waals surface area contributed by atoms with Gasteiger partial charge in [0.2, 0.25) is 11.8 Å². The quantitative estimate of drug-likeness (QED) is 0.388. The summed E-state index contributed by atoms with van der Waals surface area (Å²) in [6.07, 6.45) is -0.575. The SMILES string of the molecule is Cc1ccc(S(=O)(=O)O)c(CC#Cc2ccc([C@H]3CN(C4CCC(=O)NC4=O)C(=O)O3)cc2)c1. The number of rotatable bonds is 4. The molecule has 2 N–H and O–H groups in total. The van der Waals surface area contributed by atoms with Gasteiger partial charge in [-0.2, -0.15) is 8.42 Å². The molecule has 34 heavy (non-hydrogen) atoms. The van der Waals surface area contributed by atoms with E-state index in [0.29, 0.717) is 11.1 Å². The van der Waals surface area contributed by atoms with Crippen LogP contribution in [-0.2, 0) is 30.9 Å². The summed E-state index contributed by atoms with van der Waals surface area (Å²) in [5, 5.41) is 2.25. The Balaban J connectivity index is 1.43.